The van der Waals surface area contributed by atoms with Crippen LogP contribution in [-0.4, -0.2) is 14.5 Å². The van der Waals surface area contributed by atoms with Gasteiger partial charge in [0, 0.05) is 24.1 Å². The molecule has 0 aliphatic heterocycles. The van der Waals surface area contributed by atoms with Crippen LogP contribution < -0.4 is 5.32 Å². The van der Waals surface area contributed by atoms with Crippen molar-refractivity contribution in [2.75, 3.05) is 5.32 Å². The molecule has 17 heavy (non-hydrogen) atoms. The summed E-state index contributed by atoms with van der Waals surface area (Å²) >= 11 is 0. The number of pyridine rings is 1. The van der Waals surface area contributed by atoms with Crippen LogP contribution in [0.3, 0.4) is 0 Å². The molecule has 2 aromatic heterocycles. The number of aromatic nitrogens is 3. The van der Waals surface area contributed by atoms with Gasteiger partial charge in [-0.2, -0.15) is 0 Å². The Morgan fingerprint density at radius 3 is 2.88 bits per heavy atom. The van der Waals surface area contributed by atoms with Gasteiger partial charge >= 0.3 is 0 Å². The van der Waals surface area contributed by atoms with Gasteiger partial charge in [0.15, 0.2) is 0 Å². The molecule has 4 nitrogen and oxygen atoms in total. The maximum atomic E-state index is 4.45. The number of imidazole rings is 1. The topological polar surface area (TPSA) is 42.7 Å². The van der Waals surface area contributed by atoms with Crippen molar-refractivity contribution in [2.45, 2.75) is 33.4 Å². The molecule has 0 radical (unpaired) electrons. The summed E-state index contributed by atoms with van der Waals surface area (Å²) in [4.78, 5) is 8.75. The molecule has 2 heterocycles. The second-order valence-electron chi connectivity index (χ2n) is 4.38. The minimum Gasteiger partial charge on any atom is -0.350 e. The minimum atomic E-state index is 0.408. The van der Waals surface area contributed by atoms with Gasteiger partial charge in [-0.25, -0.2) is 4.98 Å². The lowest BCUT2D eigenvalue weighted by Gasteiger charge is -2.12. The highest BCUT2D eigenvalue weighted by Gasteiger charge is 2.05. The maximum absolute atomic E-state index is 4.45. The van der Waals surface area contributed by atoms with Crippen molar-refractivity contribution < 1.29 is 0 Å². The van der Waals surface area contributed by atoms with Crippen LogP contribution in [0.15, 0.2) is 30.6 Å². The number of rotatable bonds is 4. The van der Waals surface area contributed by atoms with Crippen molar-refractivity contribution in [1.82, 2.24) is 14.5 Å². The Kier molecular flexibility index (Phi) is 3.42. The summed E-state index contributed by atoms with van der Waals surface area (Å²) < 4.78 is 2.11. The quantitative estimate of drug-likeness (QED) is 0.878. The zero-order valence-electron chi connectivity index (χ0n) is 10.5. The Hall–Kier alpha value is -1.84. The van der Waals surface area contributed by atoms with Crippen molar-refractivity contribution in [2.24, 2.45) is 0 Å². The summed E-state index contributed by atoms with van der Waals surface area (Å²) in [5, 5.41) is 3.31. The first-order valence-corrected chi connectivity index (χ1v) is 5.86. The Morgan fingerprint density at radius 2 is 2.18 bits per heavy atom. The average molecular weight is 230 g/mol. The van der Waals surface area contributed by atoms with Crippen LogP contribution in [0.2, 0.25) is 0 Å². The zero-order valence-corrected chi connectivity index (χ0v) is 10.5. The predicted molar refractivity (Wildman–Crippen MR) is 68.9 cm³/mol. The van der Waals surface area contributed by atoms with E-state index < -0.39 is 0 Å². The van der Waals surface area contributed by atoms with Crippen molar-refractivity contribution in [1.29, 1.82) is 0 Å². The summed E-state index contributed by atoms with van der Waals surface area (Å²) in [6, 6.07) is 6.45. The SMILES string of the molecule is Cc1cccc(CNc2nccn2C(C)C)n1. The van der Waals surface area contributed by atoms with Crippen LogP contribution in [0.25, 0.3) is 0 Å². The highest BCUT2D eigenvalue weighted by atomic mass is 15.2. The van der Waals surface area contributed by atoms with Crippen molar-refractivity contribution in [3.8, 4) is 0 Å². The number of nitrogens with one attached hydrogen (secondary N) is 1. The van der Waals surface area contributed by atoms with Crippen molar-refractivity contribution in [3.05, 3.63) is 42.0 Å². The van der Waals surface area contributed by atoms with E-state index in [2.05, 4.69) is 33.7 Å². The molecule has 4 heteroatoms. The number of hydrogen-bond donors (Lipinski definition) is 1. The number of nitrogens with zero attached hydrogens (tertiary/aromatic N) is 3. The lowest BCUT2D eigenvalue weighted by atomic mass is 10.3. The van der Waals surface area contributed by atoms with E-state index in [0.717, 1.165) is 17.3 Å². The van der Waals surface area contributed by atoms with E-state index in [4.69, 9.17) is 0 Å². The number of aryl methyl sites for hydroxylation is 1. The zero-order chi connectivity index (χ0) is 12.3. The second-order valence-corrected chi connectivity index (χ2v) is 4.38. The summed E-state index contributed by atoms with van der Waals surface area (Å²) in [7, 11) is 0. The van der Waals surface area contributed by atoms with Crippen LogP contribution in [0, 0.1) is 6.92 Å². The lowest BCUT2D eigenvalue weighted by molar-refractivity contribution is 0.604. The molecule has 0 aromatic carbocycles. The van der Waals surface area contributed by atoms with Crippen LogP contribution in [0.4, 0.5) is 5.95 Å². The molecule has 2 aromatic rings. The third-order valence-electron chi connectivity index (χ3n) is 2.60. The molecule has 0 bridgehead atoms. The summed E-state index contributed by atoms with van der Waals surface area (Å²) in [5.41, 5.74) is 2.07. The molecule has 2 rings (SSSR count). The molecule has 0 amide bonds. The molecule has 0 unspecified atom stereocenters. The normalized spacial score (nSPS) is 10.8. The van der Waals surface area contributed by atoms with E-state index in [0.29, 0.717) is 12.6 Å². The molecular weight excluding hydrogens is 212 g/mol. The molecule has 1 N–H and O–H groups in total. The fourth-order valence-electron chi connectivity index (χ4n) is 1.73. The fourth-order valence-corrected chi connectivity index (χ4v) is 1.73. The first-order chi connectivity index (χ1) is 8.16. The molecule has 0 saturated carbocycles. The highest BCUT2D eigenvalue weighted by molar-refractivity contribution is 5.28. The van der Waals surface area contributed by atoms with Crippen LogP contribution in [0.5, 0.6) is 0 Å². The van der Waals surface area contributed by atoms with E-state index in [1.54, 1.807) is 0 Å². The van der Waals surface area contributed by atoms with Gasteiger partial charge in [-0.3, -0.25) is 4.98 Å². The summed E-state index contributed by atoms with van der Waals surface area (Å²) in [5.74, 6) is 0.892. The molecule has 0 aliphatic carbocycles. The molecule has 0 atom stereocenters. The molecule has 0 saturated heterocycles. The Morgan fingerprint density at radius 1 is 1.35 bits per heavy atom. The predicted octanol–water partition coefficient (Wildman–Crippen LogP) is 2.78. The Bertz CT molecular complexity index is 488. The third kappa shape index (κ3) is 2.84. The summed E-state index contributed by atoms with van der Waals surface area (Å²) in [6.45, 7) is 6.97. The lowest BCUT2D eigenvalue weighted by Crippen LogP contribution is -2.09. The first-order valence-electron chi connectivity index (χ1n) is 5.86. The van der Waals surface area contributed by atoms with Gasteiger partial charge < -0.3 is 9.88 Å². The van der Waals surface area contributed by atoms with Gasteiger partial charge in [0.2, 0.25) is 5.95 Å². The Balaban J connectivity index is 2.05. The first kappa shape index (κ1) is 11.6. The van der Waals surface area contributed by atoms with Crippen LogP contribution in [-0.2, 0) is 6.54 Å². The van der Waals surface area contributed by atoms with Crippen molar-refractivity contribution >= 4 is 5.95 Å². The van der Waals surface area contributed by atoms with E-state index in [-0.39, 0.29) is 0 Å². The summed E-state index contributed by atoms with van der Waals surface area (Å²) in [6.07, 6.45) is 3.79. The standard InChI is InChI=1S/C13H18N4/c1-10(2)17-8-7-14-13(17)15-9-12-6-4-5-11(3)16-12/h4-8,10H,9H2,1-3H3,(H,14,15). The monoisotopic (exact) mass is 230 g/mol. The minimum absolute atomic E-state index is 0.408. The number of anilines is 1. The molecule has 0 fully saturated rings. The van der Waals surface area contributed by atoms with E-state index in [1.807, 2.05) is 37.5 Å². The van der Waals surface area contributed by atoms with Gasteiger partial charge in [0.1, 0.15) is 0 Å². The van der Waals surface area contributed by atoms with Gasteiger partial charge in [-0.1, -0.05) is 6.07 Å². The fraction of sp³-hybridized carbons (Fsp3) is 0.385. The van der Waals surface area contributed by atoms with Crippen molar-refractivity contribution in [3.63, 3.8) is 0 Å². The molecule has 0 aliphatic rings. The highest BCUT2D eigenvalue weighted by Crippen LogP contribution is 2.13. The maximum Gasteiger partial charge on any atom is 0.203 e. The van der Waals surface area contributed by atoms with E-state index in [1.165, 1.54) is 0 Å². The largest absolute Gasteiger partial charge is 0.350 e. The third-order valence-corrected chi connectivity index (χ3v) is 2.60. The molecule has 0 spiro atoms. The van der Waals surface area contributed by atoms with Gasteiger partial charge in [-0.15, -0.1) is 0 Å². The van der Waals surface area contributed by atoms with Crippen LogP contribution >= 0.6 is 0 Å². The van der Waals surface area contributed by atoms with Crippen LogP contribution in [0.1, 0.15) is 31.3 Å². The van der Waals surface area contributed by atoms with Gasteiger partial charge in [0.05, 0.1) is 12.2 Å². The van der Waals surface area contributed by atoms with Gasteiger partial charge in [0.25, 0.3) is 0 Å². The average Bonchev–Trinajstić information content (AvgIpc) is 2.74. The molecule has 90 valence electrons. The second kappa shape index (κ2) is 4.99. The smallest absolute Gasteiger partial charge is 0.203 e. The number of hydrogen-bond acceptors (Lipinski definition) is 3. The molecular formula is C13H18N4. The Labute approximate surface area is 102 Å². The van der Waals surface area contributed by atoms with Gasteiger partial charge in [-0.05, 0) is 32.9 Å². The van der Waals surface area contributed by atoms with E-state index >= 15 is 0 Å². The van der Waals surface area contributed by atoms with E-state index in [9.17, 15) is 0 Å².